The van der Waals surface area contributed by atoms with Crippen molar-refractivity contribution in [2.24, 2.45) is 0 Å². The number of aliphatic hydroxyl groups excluding tert-OH is 1. The van der Waals surface area contributed by atoms with Gasteiger partial charge in [0.2, 0.25) is 0 Å². The van der Waals surface area contributed by atoms with E-state index in [2.05, 4.69) is 0 Å². The van der Waals surface area contributed by atoms with E-state index >= 15 is 0 Å². The molecule has 1 saturated heterocycles. The minimum absolute atomic E-state index is 0.204. The van der Waals surface area contributed by atoms with Crippen molar-refractivity contribution in [2.45, 2.75) is 36.9 Å². The first-order valence-corrected chi connectivity index (χ1v) is 4.89. The highest BCUT2D eigenvalue weighted by Crippen LogP contribution is 2.37. The summed E-state index contributed by atoms with van der Waals surface area (Å²) in [5, 5.41) is 9.02. The van der Waals surface area contributed by atoms with Crippen LogP contribution in [0.15, 0.2) is 0 Å². The fourth-order valence-corrected chi connectivity index (χ4v) is 1.81. The minimum atomic E-state index is -0.779. The molecule has 1 aliphatic heterocycles. The van der Waals surface area contributed by atoms with Gasteiger partial charge in [0.1, 0.15) is 14.0 Å². The molecule has 1 heterocycles. The number of rotatable bonds is 2. The molecule has 0 aromatic rings. The highest BCUT2D eigenvalue weighted by atomic mass is 35.5. The summed E-state index contributed by atoms with van der Waals surface area (Å²) in [6.45, 7) is 2.84. The van der Waals surface area contributed by atoms with Crippen molar-refractivity contribution < 1.29 is 19.4 Å². The maximum Gasteiger partial charge on any atom is 0.303 e. The molecule has 0 radical (unpaired) electrons. The Kier molecular flexibility index (Phi) is 3.45. The van der Waals surface area contributed by atoms with Crippen LogP contribution in [0.25, 0.3) is 0 Å². The number of esters is 1. The van der Waals surface area contributed by atoms with Gasteiger partial charge in [0.05, 0.1) is 11.5 Å². The Morgan fingerprint density at radius 3 is 2.79 bits per heavy atom. The van der Waals surface area contributed by atoms with Gasteiger partial charge in [0.25, 0.3) is 0 Å². The lowest BCUT2D eigenvalue weighted by Gasteiger charge is -2.26. The molecular weight excluding hydrogens is 206 g/mol. The maximum absolute atomic E-state index is 10.8. The lowest BCUT2D eigenvalue weighted by atomic mass is 9.85. The van der Waals surface area contributed by atoms with E-state index in [0.29, 0.717) is 0 Å². The Labute approximate surface area is 88.9 Å². The van der Waals surface area contributed by atoms with Gasteiger partial charge < -0.3 is 14.6 Å². The van der Waals surface area contributed by atoms with Crippen molar-refractivity contribution in [1.29, 1.82) is 0 Å². The van der Waals surface area contributed by atoms with E-state index < -0.39 is 23.1 Å². The summed E-state index contributed by atoms with van der Waals surface area (Å²) in [6, 6.07) is -0.259. The molecule has 1 aliphatic rings. The molecule has 0 amide bonds. The van der Waals surface area contributed by atoms with Gasteiger partial charge in [-0.15, -0.1) is 11.6 Å². The van der Waals surface area contributed by atoms with E-state index in [9.17, 15) is 4.79 Å². The summed E-state index contributed by atoms with van der Waals surface area (Å²) < 4.78 is 10.4. The molecule has 4 nitrogen and oxygen atoms in total. The number of aliphatic hydroxyl groups is 1. The zero-order valence-corrected chi connectivity index (χ0v) is 9.25. The molecule has 1 rings (SSSR count). The standard InChI is InChI=1S/C8H14BClO4/c1-4(12)13-6-5(3-11)14-7(9)8(6,2)10/h5-7,11H,3,9H2,1-2H3/t5?,6-,7-,8+/m1/s1. The Morgan fingerprint density at radius 1 is 1.79 bits per heavy atom. The largest absolute Gasteiger partial charge is 0.458 e. The van der Waals surface area contributed by atoms with E-state index in [1.807, 2.05) is 0 Å². The summed E-state index contributed by atoms with van der Waals surface area (Å²) in [4.78, 5) is 10.1. The number of halogens is 1. The van der Waals surface area contributed by atoms with Gasteiger partial charge in [-0.05, 0) is 6.92 Å². The van der Waals surface area contributed by atoms with Gasteiger partial charge in [-0.1, -0.05) is 0 Å². The highest BCUT2D eigenvalue weighted by Gasteiger charge is 2.52. The molecule has 0 aromatic heterocycles. The third-order valence-electron chi connectivity index (χ3n) is 2.54. The van der Waals surface area contributed by atoms with Crippen molar-refractivity contribution in [2.75, 3.05) is 6.61 Å². The van der Waals surface area contributed by atoms with Crippen LogP contribution in [-0.4, -0.2) is 48.6 Å². The fraction of sp³-hybridized carbons (Fsp3) is 0.875. The molecule has 1 unspecified atom stereocenters. The van der Waals surface area contributed by atoms with Gasteiger partial charge in [0, 0.05) is 12.9 Å². The molecule has 14 heavy (non-hydrogen) atoms. The van der Waals surface area contributed by atoms with Crippen LogP contribution in [0.1, 0.15) is 13.8 Å². The first-order valence-electron chi connectivity index (χ1n) is 4.52. The third-order valence-corrected chi connectivity index (χ3v) is 3.06. The molecule has 0 saturated carbocycles. The second kappa shape index (κ2) is 4.09. The number of carbonyl (C=O) groups excluding carboxylic acids is 1. The normalized spacial score (nSPS) is 42.4. The maximum atomic E-state index is 10.8. The van der Waals surface area contributed by atoms with E-state index in [-0.39, 0.29) is 12.6 Å². The Balaban J connectivity index is 2.80. The van der Waals surface area contributed by atoms with Crippen molar-refractivity contribution in [1.82, 2.24) is 0 Å². The third kappa shape index (κ3) is 2.05. The van der Waals surface area contributed by atoms with Crippen molar-refractivity contribution in [3.8, 4) is 0 Å². The van der Waals surface area contributed by atoms with Gasteiger partial charge in [-0.2, -0.15) is 0 Å². The van der Waals surface area contributed by atoms with Crippen LogP contribution in [0.4, 0.5) is 0 Å². The first kappa shape index (κ1) is 11.8. The number of alkyl halides is 1. The molecule has 0 spiro atoms. The zero-order chi connectivity index (χ0) is 10.9. The number of carbonyl (C=O) groups is 1. The number of ether oxygens (including phenoxy) is 2. The molecule has 1 fully saturated rings. The molecule has 4 atom stereocenters. The molecule has 6 heteroatoms. The summed E-state index contributed by atoms with van der Waals surface area (Å²) >= 11 is 6.19. The summed E-state index contributed by atoms with van der Waals surface area (Å²) in [6.07, 6.45) is -1.13. The average molecular weight is 220 g/mol. The highest BCUT2D eigenvalue weighted by molar-refractivity contribution is 6.30. The zero-order valence-electron chi connectivity index (χ0n) is 8.49. The topological polar surface area (TPSA) is 55.8 Å². The second-order valence-corrected chi connectivity index (χ2v) is 4.49. The lowest BCUT2D eigenvalue weighted by Crippen LogP contribution is -2.44. The van der Waals surface area contributed by atoms with Crippen molar-refractivity contribution in [3.05, 3.63) is 0 Å². The second-order valence-electron chi connectivity index (χ2n) is 3.68. The SMILES string of the molecule is B[C@@H]1OC(CO)[C@@H](OC(C)=O)[C@]1(C)Cl. The van der Waals surface area contributed by atoms with Crippen molar-refractivity contribution >= 4 is 25.4 Å². The summed E-state index contributed by atoms with van der Waals surface area (Å²) in [5.74, 6) is -0.418. The Morgan fingerprint density at radius 2 is 2.36 bits per heavy atom. The van der Waals surface area contributed by atoms with Gasteiger partial charge in [0.15, 0.2) is 6.10 Å². The van der Waals surface area contributed by atoms with Gasteiger partial charge >= 0.3 is 5.97 Å². The minimum Gasteiger partial charge on any atom is -0.458 e. The predicted octanol–water partition coefficient (Wildman–Crippen LogP) is -0.734. The molecule has 80 valence electrons. The molecule has 0 bridgehead atoms. The van der Waals surface area contributed by atoms with Crippen LogP contribution in [0.2, 0.25) is 0 Å². The monoisotopic (exact) mass is 220 g/mol. The molecule has 0 aliphatic carbocycles. The van der Waals surface area contributed by atoms with Crippen LogP contribution < -0.4 is 0 Å². The Bertz CT molecular complexity index is 233. The summed E-state index contributed by atoms with van der Waals surface area (Å²) in [7, 11) is 1.79. The van der Waals surface area contributed by atoms with Crippen LogP contribution in [0.3, 0.4) is 0 Å². The van der Waals surface area contributed by atoms with Crippen LogP contribution in [0.5, 0.6) is 0 Å². The number of hydrogen-bond donors (Lipinski definition) is 1. The van der Waals surface area contributed by atoms with Gasteiger partial charge in [-0.3, -0.25) is 4.79 Å². The van der Waals surface area contributed by atoms with Crippen LogP contribution >= 0.6 is 11.6 Å². The lowest BCUT2D eigenvalue weighted by molar-refractivity contribution is -0.150. The fourth-order valence-electron chi connectivity index (χ4n) is 1.57. The number of hydrogen-bond acceptors (Lipinski definition) is 4. The molecular formula is C8H14BClO4. The van der Waals surface area contributed by atoms with Crippen LogP contribution in [0, 0.1) is 0 Å². The van der Waals surface area contributed by atoms with Crippen molar-refractivity contribution in [3.63, 3.8) is 0 Å². The molecule has 1 N–H and O–H groups in total. The van der Waals surface area contributed by atoms with E-state index in [0.717, 1.165) is 0 Å². The van der Waals surface area contributed by atoms with E-state index in [1.54, 1.807) is 14.8 Å². The predicted molar refractivity (Wildman–Crippen MR) is 54.1 cm³/mol. The molecule has 0 aromatic carbocycles. The first-order chi connectivity index (χ1) is 6.39. The van der Waals surface area contributed by atoms with E-state index in [4.69, 9.17) is 26.2 Å². The smallest absolute Gasteiger partial charge is 0.303 e. The average Bonchev–Trinajstić information content (AvgIpc) is 2.28. The van der Waals surface area contributed by atoms with Gasteiger partial charge in [-0.25, -0.2) is 0 Å². The quantitative estimate of drug-likeness (QED) is 0.379. The summed E-state index contributed by atoms with van der Waals surface area (Å²) in [5.41, 5.74) is 0. The van der Waals surface area contributed by atoms with Crippen LogP contribution in [-0.2, 0) is 14.3 Å². The van der Waals surface area contributed by atoms with E-state index in [1.165, 1.54) is 6.92 Å². The Hall–Kier alpha value is -0.255.